The molecule has 3 N–H and O–H groups in total. The van der Waals surface area contributed by atoms with E-state index in [4.69, 9.17) is 9.05 Å². The van der Waals surface area contributed by atoms with Crippen LogP contribution in [0.5, 0.6) is 0 Å². The van der Waals surface area contributed by atoms with Crippen LogP contribution in [0.2, 0.25) is 0 Å². The van der Waals surface area contributed by atoms with Gasteiger partial charge in [-0.25, -0.2) is 4.57 Å². The molecule has 9 heteroatoms. The highest BCUT2D eigenvalue weighted by Crippen LogP contribution is 2.43. The second kappa shape index (κ2) is 66.3. The quantitative estimate of drug-likeness (QED) is 0.0243. The molecule has 0 aromatic carbocycles. The third kappa shape index (κ3) is 68.4. The van der Waals surface area contributed by atoms with Crippen molar-refractivity contribution in [1.82, 2.24) is 5.32 Å². The number of carbonyl (C=O) groups is 1. The summed E-state index contributed by atoms with van der Waals surface area (Å²) in [6, 6.07) is -0.877. The van der Waals surface area contributed by atoms with Crippen LogP contribution >= 0.6 is 7.82 Å². The number of amides is 1. The van der Waals surface area contributed by atoms with Gasteiger partial charge in [-0.1, -0.05) is 322 Å². The van der Waals surface area contributed by atoms with Gasteiger partial charge in [0.05, 0.1) is 39.9 Å². The molecule has 0 radical (unpaired) electrons. The molecule has 8 nitrogen and oxygen atoms in total. The van der Waals surface area contributed by atoms with Crippen molar-refractivity contribution < 1.29 is 32.9 Å². The van der Waals surface area contributed by atoms with Crippen molar-refractivity contribution in [2.24, 2.45) is 0 Å². The maximum Gasteiger partial charge on any atom is 0.472 e. The Morgan fingerprint density at radius 1 is 0.407 bits per heavy atom. The Labute approximate surface area is 533 Å². The van der Waals surface area contributed by atoms with Crippen LogP contribution in [0.3, 0.4) is 0 Å². The normalized spacial score (nSPS) is 14.4. The average molecular weight is 1220 g/mol. The Bertz CT molecular complexity index is 1820. The van der Waals surface area contributed by atoms with Gasteiger partial charge in [-0.15, -0.1) is 0 Å². The summed E-state index contributed by atoms with van der Waals surface area (Å²) in [5.74, 6) is -0.191. The van der Waals surface area contributed by atoms with Gasteiger partial charge in [0.2, 0.25) is 5.91 Å². The number of nitrogens with one attached hydrogen (secondary N) is 1. The van der Waals surface area contributed by atoms with E-state index in [0.29, 0.717) is 17.4 Å². The lowest BCUT2D eigenvalue weighted by molar-refractivity contribution is -0.870. The van der Waals surface area contributed by atoms with Gasteiger partial charge in [-0.2, -0.15) is 0 Å². The van der Waals surface area contributed by atoms with E-state index in [1.54, 1.807) is 6.08 Å². The van der Waals surface area contributed by atoms with Crippen molar-refractivity contribution in [2.45, 2.75) is 321 Å². The van der Waals surface area contributed by atoms with E-state index >= 15 is 0 Å². The first kappa shape index (κ1) is 82.9. The molecular weight excluding hydrogens is 1080 g/mol. The molecule has 0 spiro atoms. The molecule has 0 saturated carbocycles. The smallest absolute Gasteiger partial charge is 0.387 e. The zero-order valence-electron chi connectivity index (χ0n) is 56.8. The molecular formula is C77H138N2O6P+. The molecule has 0 bridgehead atoms. The Kier molecular flexibility index (Phi) is 63.9. The van der Waals surface area contributed by atoms with Crippen LogP contribution < -0.4 is 5.32 Å². The standard InChI is InChI=1S/C77H137N2O6P/c1-6-8-10-12-14-16-18-20-22-24-26-28-30-32-33-34-35-36-37-38-39-40-41-42-43-44-45-47-49-51-53-55-57-59-61-63-65-67-69-71-77(81)78-75(74-85-86(82,83)84-73-72-79(3,4)5)76(80)70-68-66-64-62-60-58-56-54-52-50-48-46-31-29-27-25-23-21-19-17-15-13-11-9-7-2/h8,10,14,16,20,22,26,28,32-33,35-36,38-39,52,54,60,62,68,70,75-76,80H,6-7,9,11-13,15,17-19,21,23-25,27,29-31,34,37,40-51,53,55-59,61,63-67,69,71-74H2,1-5H3,(H-,78,81,82,83)/p+1/b10-8-,16-14-,22-20-,28-26-,33-32-,36-35-,39-38-,54-52+,62-60+,70-68+. The maximum absolute atomic E-state index is 13.1. The molecule has 3 unspecified atom stereocenters. The summed E-state index contributed by atoms with van der Waals surface area (Å²) in [7, 11) is 1.54. The van der Waals surface area contributed by atoms with Gasteiger partial charge in [0.1, 0.15) is 13.2 Å². The molecule has 3 atom stereocenters. The average Bonchev–Trinajstić information content (AvgIpc) is 3.70. The topological polar surface area (TPSA) is 105 Å². The van der Waals surface area contributed by atoms with Crippen LogP contribution in [-0.2, 0) is 18.4 Å². The van der Waals surface area contributed by atoms with E-state index in [9.17, 15) is 19.4 Å². The molecule has 0 aromatic heterocycles. The van der Waals surface area contributed by atoms with E-state index in [2.05, 4.69) is 129 Å². The first-order valence-electron chi connectivity index (χ1n) is 35.9. The summed E-state index contributed by atoms with van der Waals surface area (Å²) in [4.78, 5) is 23.4. The summed E-state index contributed by atoms with van der Waals surface area (Å²) in [6.07, 6.45) is 99.3. The summed E-state index contributed by atoms with van der Waals surface area (Å²) in [5, 5.41) is 14.0. The third-order valence-electron chi connectivity index (χ3n) is 15.6. The number of carbonyl (C=O) groups excluding carboxylic acids is 1. The summed E-state index contributed by atoms with van der Waals surface area (Å²) >= 11 is 0. The molecule has 496 valence electrons. The number of hydrogen-bond acceptors (Lipinski definition) is 5. The molecule has 0 aliphatic heterocycles. The number of unbranched alkanes of at least 4 members (excludes halogenated alkanes) is 34. The second-order valence-electron chi connectivity index (χ2n) is 25.2. The van der Waals surface area contributed by atoms with Gasteiger partial charge < -0.3 is 19.8 Å². The number of hydrogen-bond donors (Lipinski definition) is 3. The number of aliphatic hydroxyl groups is 1. The molecule has 86 heavy (non-hydrogen) atoms. The number of aliphatic hydroxyl groups excluding tert-OH is 1. The van der Waals surface area contributed by atoms with Crippen molar-refractivity contribution in [3.8, 4) is 0 Å². The number of likely N-dealkylation sites (N-methyl/N-ethyl adjacent to an activating group) is 1. The Balaban J connectivity index is 4.09. The predicted molar refractivity (Wildman–Crippen MR) is 378 cm³/mol. The number of quaternary nitrogens is 1. The Hall–Kier alpha value is -3.10. The van der Waals surface area contributed by atoms with Crippen LogP contribution in [0, 0.1) is 0 Å². The van der Waals surface area contributed by atoms with Crippen molar-refractivity contribution in [3.63, 3.8) is 0 Å². The molecule has 1 amide bonds. The molecule has 0 fully saturated rings. The number of phosphoric ester groups is 1. The summed E-state index contributed by atoms with van der Waals surface area (Å²) < 4.78 is 23.8. The second-order valence-corrected chi connectivity index (χ2v) is 26.7. The van der Waals surface area contributed by atoms with Crippen LogP contribution in [0.15, 0.2) is 122 Å². The highest BCUT2D eigenvalue weighted by atomic mass is 31.2. The van der Waals surface area contributed by atoms with Gasteiger partial charge in [0.15, 0.2) is 0 Å². The number of rotatable bonds is 65. The summed E-state index contributed by atoms with van der Waals surface area (Å²) in [5.41, 5.74) is 0. The minimum atomic E-state index is -4.37. The predicted octanol–water partition coefficient (Wildman–Crippen LogP) is 23.2. The molecule has 0 aliphatic carbocycles. The lowest BCUT2D eigenvalue weighted by atomic mass is 10.0. The largest absolute Gasteiger partial charge is 0.472 e. The van der Waals surface area contributed by atoms with Gasteiger partial charge >= 0.3 is 7.82 Å². The highest BCUT2D eigenvalue weighted by molar-refractivity contribution is 7.47. The maximum atomic E-state index is 13.1. The number of nitrogens with zero attached hydrogens (tertiary/aromatic N) is 1. The van der Waals surface area contributed by atoms with Crippen molar-refractivity contribution in [1.29, 1.82) is 0 Å². The van der Waals surface area contributed by atoms with Crippen molar-refractivity contribution >= 4 is 13.7 Å². The monoisotopic (exact) mass is 1220 g/mol. The fraction of sp³-hybridized carbons (Fsp3) is 0.727. The van der Waals surface area contributed by atoms with Gasteiger partial charge in [-0.05, 0) is 103 Å². The molecule has 0 heterocycles. The zero-order valence-corrected chi connectivity index (χ0v) is 57.7. The molecule has 0 aromatic rings. The first-order chi connectivity index (χ1) is 42.0. The van der Waals surface area contributed by atoms with E-state index in [1.165, 1.54) is 199 Å². The zero-order chi connectivity index (χ0) is 62.6. The number of phosphoric acid groups is 1. The van der Waals surface area contributed by atoms with Crippen LogP contribution in [0.1, 0.15) is 309 Å². The molecule has 0 rings (SSSR count). The van der Waals surface area contributed by atoms with E-state index < -0.39 is 20.0 Å². The van der Waals surface area contributed by atoms with Gasteiger partial charge in [-0.3, -0.25) is 13.8 Å². The van der Waals surface area contributed by atoms with E-state index in [1.807, 2.05) is 27.2 Å². The van der Waals surface area contributed by atoms with Crippen molar-refractivity contribution in [3.05, 3.63) is 122 Å². The minimum absolute atomic E-state index is 0.0501. The van der Waals surface area contributed by atoms with Gasteiger partial charge in [0.25, 0.3) is 0 Å². The van der Waals surface area contributed by atoms with Crippen LogP contribution in [0.4, 0.5) is 0 Å². The Morgan fingerprint density at radius 3 is 1.07 bits per heavy atom. The lowest BCUT2D eigenvalue weighted by Gasteiger charge is -2.25. The third-order valence-corrected chi connectivity index (χ3v) is 16.6. The SMILES string of the molecule is CC/C=C\C/C=C\C/C=C\C/C=C\C/C=C\C/C=C\C/C=C\CCCCCCCCCCCCCCCCCCCC(=O)NC(COP(=O)(O)OCC[N+](C)(C)C)C(O)/C=C/CC/C=C/CC/C=C/CCCCCCCCCCCCCCCCC. The lowest BCUT2D eigenvalue weighted by Crippen LogP contribution is -2.45. The number of allylic oxidation sites excluding steroid dienone is 19. The molecule has 0 aliphatic rings. The van der Waals surface area contributed by atoms with E-state index in [-0.39, 0.29) is 19.1 Å². The van der Waals surface area contributed by atoms with Crippen molar-refractivity contribution in [2.75, 3.05) is 40.9 Å². The van der Waals surface area contributed by atoms with Crippen LogP contribution in [-0.4, -0.2) is 73.4 Å². The fourth-order valence-corrected chi connectivity index (χ4v) is 10.9. The van der Waals surface area contributed by atoms with Crippen LogP contribution in [0.25, 0.3) is 0 Å². The fourth-order valence-electron chi connectivity index (χ4n) is 10.1. The van der Waals surface area contributed by atoms with Gasteiger partial charge in [0, 0.05) is 6.42 Å². The summed E-state index contributed by atoms with van der Waals surface area (Å²) in [6.45, 7) is 4.69. The van der Waals surface area contributed by atoms with E-state index in [0.717, 1.165) is 89.9 Å². The minimum Gasteiger partial charge on any atom is -0.387 e. The Morgan fingerprint density at radius 2 is 0.709 bits per heavy atom. The first-order valence-corrected chi connectivity index (χ1v) is 37.4. The molecule has 0 saturated heterocycles. The highest BCUT2D eigenvalue weighted by Gasteiger charge is 2.28.